The average molecular weight is 363 g/mol. The van der Waals surface area contributed by atoms with Gasteiger partial charge in [-0.2, -0.15) is 0 Å². The summed E-state index contributed by atoms with van der Waals surface area (Å²) in [4.78, 5) is 13.4. The zero-order valence-electron chi connectivity index (χ0n) is 15.1. The van der Waals surface area contributed by atoms with E-state index in [2.05, 4.69) is 49.4 Å². The van der Waals surface area contributed by atoms with E-state index >= 15 is 0 Å². The fourth-order valence-corrected chi connectivity index (χ4v) is 3.28. The van der Waals surface area contributed by atoms with Gasteiger partial charge in [0.25, 0.3) is 0 Å². The second kappa shape index (κ2) is 8.14. The smallest absolute Gasteiger partial charge is 0.135 e. The van der Waals surface area contributed by atoms with Crippen molar-refractivity contribution >= 4 is 17.3 Å². The minimum atomic E-state index is -0.274. The Balaban J connectivity index is 1.37. The van der Waals surface area contributed by atoms with Gasteiger partial charge in [-0.15, -0.1) is 0 Å². The number of hydrogen-bond donors (Lipinski definition) is 1. The first-order valence-electron chi connectivity index (χ1n) is 9.12. The molecule has 0 spiro atoms. The highest BCUT2D eigenvalue weighted by Crippen LogP contribution is 2.20. The highest BCUT2D eigenvalue weighted by atomic mass is 19.1. The van der Waals surface area contributed by atoms with Gasteiger partial charge in [0.1, 0.15) is 23.8 Å². The Bertz CT molecular complexity index is 879. The predicted molar refractivity (Wildman–Crippen MR) is 106 cm³/mol. The Morgan fingerprint density at radius 1 is 0.889 bits per heavy atom. The number of hydrogen-bond acceptors (Lipinski definition) is 5. The van der Waals surface area contributed by atoms with Crippen LogP contribution in [0.1, 0.15) is 5.56 Å². The van der Waals surface area contributed by atoms with Crippen LogP contribution >= 0.6 is 0 Å². The first-order valence-corrected chi connectivity index (χ1v) is 9.12. The highest BCUT2D eigenvalue weighted by molar-refractivity contribution is 5.59. The Hall–Kier alpha value is -2.99. The summed E-state index contributed by atoms with van der Waals surface area (Å²) in [5.41, 5.74) is 2.02. The van der Waals surface area contributed by atoms with Crippen LogP contribution in [0.3, 0.4) is 0 Å². The Labute approximate surface area is 158 Å². The van der Waals surface area contributed by atoms with Crippen LogP contribution in [0.5, 0.6) is 0 Å². The quantitative estimate of drug-likeness (QED) is 0.749. The molecule has 0 aliphatic carbocycles. The maximum absolute atomic E-state index is 13.3. The first-order chi connectivity index (χ1) is 13.3. The molecule has 2 heterocycles. The normalized spacial score (nSPS) is 14.9. The van der Waals surface area contributed by atoms with E-state index in [4.69, 9.17) is 0 Å². The van der Waals surface area contributed by atoms with Crippen molar-refractivity contribution < 1.29 is 4.39 Å². The number of halogens is 1. The molecule has 2 aromatic carbocycles. The number of benzene rings is 2. The van der Waals surface area contributed by atoms with E-state index in [9.17, 15) is 4.39 Å². The van der Waals surface area contributed by atoms with Crippen molar-refractivity contribution in [2.45, 2.75) is 6.54 Å². The van der Waals surface area contributed by atoms with Gasteiger partial charge in [-0.3, -0.25) is 4.90 Å². The highest BCUT2D eigenvalue weighted by Gasteiger charge is 2.18. The summed E-state index contributed by atoms with van der Waals surface area (Å²) in [6.07, 6.45) is 1.55. The predicted octanol–water partition coefficient (Wildman–Crippen LogP) is 3.68. The van der Waals surface area contributed by atoms with Crippen molar-refractivity contribution in [2.24, 2.45) is 0 Å². The molecule has 1 aromatic heterocycles. The fourth-order valence-electron chi connectivity index (χ4n) is 3.28. The lowest BCUT2D eigenvalue weighted by atomic mass is 10.2. The van der Waals surface area contributed by atoms with Gasteiger partial charge in [-0.05, 0) is 23.8 Å². The molecular weight excluding hydrogens is 341 g/mol. The number of nitrogens with zero attached hydrogens (tertiary/aromatic N) is 4. The zero-order valence-corrected chi connectivity index (χ0v) is 15.1. The minimum Gasteiger partial charge on any atom is -0.354 e. The van der Waals surface area contributed by atoms with Crippen LogP contribution in [0.15, 0.2) is 67.0 Å². The molecule has 6 heteroatoms. The second-order valence-electron chi connectivity index (χ2n) is 6.65. The van der Waals surface area contributed by atoms with Crippen molar-refractivity contribution in [3.8, 4) is 0 Å². The lowest BCUT2D eigenvalue weighted by Crippen LogP contribution is -2.46. The minimum absolute atomic E-state index is 0.274. The van der Waals surface area contributed by atoms with Crippen LogP contribution in [0.4, 0.5) is 21.7 Å². The van der Waals surface area contributed by atoms with Crippen molar-refractivity contribution in [3.63, 3.8) is 0 Å². The summed E-state index contributed by atoms with van der Waals surface area (Å²) in [6, 6.07) is 18.8. The molecule has 1 saturated heterocycles. The number of aromatic nitrogens is 2. The van der Waals surface area contributed by atoms with E-state index in [1.54, 1.807) is 12.4 Å². The second-order valence-corrected chi connectivity index (χ2v) is 6.65. The summed E-state index contributed by atoms with van der Waals surface area (Å²) in [6.45, 7) is 4.80. The van der Waals surface area contributed by atoms with Gasteiger partial charge in [0.2, 0.25) is 0 Å². The molecule has 0 amide bonds. The van der Waals surface area contributed by atoms with Crippen LogP contribution in [0.25, 0.3) is 0 Å². The monoisotopic (exact) mass is 363 g/mol. The SMILES string of the molecule is Fc1cccc(Nc2cc(N3CCN(Cc4ccccc4)CC3)ncn2)c1. The Morgan fingerprint density at radius 2 is 1.70 bits per heavy atom. The summed E-state index contributed by atoms with van der Waals surface area (Å²) in [5, 5.41) is 3.14. The van der Waals surface area contributed by atoms with E-state index in [1.165, 1.54) is 17.7 Å². The summed E-state index contributed by atoms with van der Waals surface area (Å²) < 4.78 is 13.3. The summed E-state index contributed by atoms with van der Waals surface area (Å²) >= 11 is 0. The third-order valence-corrected chi connectivity index (χ3v) is 4.69. The molecule has 0 bridgehead atoms. The van der Waals surface area contributed by atoms with Gasteiger partial charge < -0.3 is 10.2 Å². The molecule has 4 rings (SSSR count). The molecule has 1 N–H and O–H groups in total. The molecule has 0 unspecified atom stereocenters. The molecule has 3 aromatic rings. The lowest BCUT2D eigenvalue weighted by Gasteiger charge is -2.35. The Kier molecular flexibility index (Phi) is 5.25. The average Bonchev–Trinajstić information content (AvgIpc) is 2.70. The fraction of sp³-hybridized carbons (Fsp3) is 0.238. The van der Waals surface area contributed by atoms with Crippen molar-refractivity contribution in [3.05, 3.63) is 78.4 Å². The lowest BCUT2D eigenvalue weighted by molar-refractivity contribution is 0.249. The zero-order chi connectivity index (χ0) is 18.5. The van der Waals surface area contributed by atoms with Crippen LogP contribution in [-0.2, 0) is 6.54 Å². The van der Waals surface area contributed by atoms with Crippen molar-refractivity contribution in [2.75, 3.05) is 36.4 Å². The van der Waals surface area contributed by atoms with Gasteiger partial charge in [-0.25, -0.2) is 14.4 Å². The van der Waals surface area contributed by atoms with Crippen LogP contribution in [0, 0.1) is 5.82 Å². The molecule has 5 nitrogen and oxygen atoms in total. The molecule has 0 radical (unpaired) electrons. The maximum atomic E-state index is 13.3. The topological polar surface area (TPSA) is 44.3 Å². The summed E-state index contributed by atoms with van der Waals surface area (Å²) in [7, 11) is 0. The van der Waals surface area contributed by atoms with Crippen molar-refractivity contribution in [1.82, 2.24) is 14.9 Å². The largest absolute Gasteiger partial charge is 0.354 e. The number of nitrogens with one attached hydrogen (secondary N) is 1. The standard InChI is InChI=1S/C21H22FN5/c22-18-7-4-8-19(13-18)25-20-14-21(24-16-23-20)27-11-9-26(10-12-27)15-17-5-2-1-3-6-17/h1-8,13-14,16H,9-12,15H2,(H,23,24,25). The maximum Gasteiger partial charge on any atom is 0.135 e. The Morgan fingerprint density at radius 3 is 2.48 bits per heavy atom. The van der Waals surface area contributed by atoms with Gasteiger partial charge in [0.05, 0.1) is 0 Å². The summed E-state index contributed by atoms with van der Waals surface area (Å²) in [5.74, 6) is 1.28. The van der Waals surface area contributed by atoms with E-state index in [0.717, 1.165) is 38.5 Å². The molecular formula is C21H22FN5. The van der Waals surface area contributed by atoms with E-state index in [1.807, 2.05) is 18.2 Å². The van der Waals surface area contributed by atoms with Gasteiger partial charge >= 0.3 is 0 Å². The molecule has 0 saturated carbocycles. The number of piperazine rings is 1. The van der Waals surface area contributed by atoms with Crippen molar-refractivity contribution in [1.29, 1.82) is 0 Å². The van der Waals surface area contributed by atoms with Crippen LogP contribution in [-0.4, -0.2) is 41.0 Å². The molecule has 138 valence electrons. The number of rotatable bonds is 5. The third kappa shape index (κ3) is 4.60. The molecule has 1 aliphatic rings. The van der Waals surface area contributed by atoms with Crippen LogP contribution in [0.2, 0.25) is 0 Å². The van der Waals surface area contributed by atoms with Gasteiger partial charge in [0.15, 0.2) is 0 Å². The van der Waals surface area contributed by atoms with E-state index < -0.39 is 0 Å². The van der Waals surface area contributed by atoms with E-state index in [-0.39, 0.29) is 5.82 Å². The molecule has 0 atom stereocenters. The first kappa shape index (κ1) is 17.4. The molecule has 27 heavy (non-hydrogen) atoms. The molecule has 1 aliphatic heterocycles. The van der Waals surface area contributed by atoms with Gasteiger partial charge in [-0.1, -0.05) is 36.4 Å². The number of anilines is 3. The van der Waals surface area contributed by atoms with E-state index in [0.29, 0.717) is 11.5 Å². The molecule has 1 fully saturated rings. The third-order valence-electron chi connectivity index (χ3n) is 4.69. The van der Waals surface area contributed by atoms with Gasteiger partial charge in [0, 0.05) is 44.5 Å². The van der Waals surface area contributed by atoms with Crippen LogP contribution < -0.4 is 10.2 Å².